The lowest BCUT2D eigenvalue weighted by Gasteiger charge is -2.50. The van der Waals surface area contributed by atoms with Gasteiger partial charge in [0.05, 0.1) is 26.1 Å². The fourth-order valence-corrected chi connectivity index (χ4v) is 7.88. The van der Waals surface area contributed by atoms with E-state index >= 15 is 0 Å². The number of rotatable bonds is 3. The van der Waals surface area contributed by atoms with Crippen LogP contribution in [0, 0.1) is 17.8 Å². The molecular formula is C27H30Cl2N2O7. The lowest BCUT2D eigenvalue weighted by Crippen LogP contribution is -2.60. The standard InChI is InChI=1S/C27H30Cl2N2O7/c1-25(2,3)31-21(33)14-8-7-13-15(18(14)22(31)34)11-26(28)23(35)30(4)24(36)27(26,29)19(13)12-9-16(37-5)20(32)17(10-12)38-6/h7,9-10,14-15,18-19,32H,8,11H2,1-6H3/t14-,15+,18-,19-,26+,27-/m0/s1. The van der Waals surface area contributed by atoms with Crippen LogP contribution in [-0.2, 0) is 19.2 Å². The van der Waals surface area contributed by atoms with Gasteiger partial charge in [-0.05, 0) is 57.2 Å². The predicted molar refractivity (Wildman–Crippen MR) is 138 cm³/mol. The number of methoxy groups -OCH3 is 2. The van der Waals surface area contributed by atoms with E-state index in [9.17, 15) is 24.3 Å². The maximum atomic E-state index is 13.8. The van der Waals surface area contributed by atoms with Crippen molar-refractivity contribution < 1.29 is 33.8 Å². The van der Waals surface area contributed by atoms with Crippen LogP contribution in [0.2, 0.25) is 0 Å². The molecule has 1 aromatic rings. The molecule has 0 spiro atoms. The predicted octanol–water partition coefficient (Wildman–Crippen LogP) is 3.20. The number of allylic oxidation sites excluding steroid dienone is 2. The molecule has 2 saturated heterocycles. The van der Waals surface area contributed by atoms with E-state index < -0.39 is 50.8 Å². The first-order valence-corrected chi connectivity index (χ1v) is 13.1. The third-order valence-corrected chi connectivity index (χ3v) is 9.93. The molecule has 1 aromatic carbocycles. The molecule has 0 aromatic heterocycles. The number of fused-ring (bicyclic) bond motifs is 4. The lowest BCUT2D eigenvalue weighted by molar-refractivity contribution is -0.146. The molecule has 1 saturated carbocycles. The minimum atomic E-state index is -1.93. The van der Waals surface area contributed by atoms with Gasteiger partial charge in [0.1, 0.15) is 0 Å². The number of carbonyl (C=O) groups excluding carboxylic acids is 4. The maximum Gasteiger partial charge on any atom is 0.253 e. The first kappa shape index (κ1) is 26.8. The fourth-order valence-electron chi connectivity index (χ4n) is 6.86. The van der Waals surface area contributed by atoms with E-state index in [0.717, 1.165) is 4.90 Å². The van der Waals surface area contributed by atoms with Gasteiger partial charge in [-0.2, -0.15) is 0 Å². The van der Waals surface area contributed by atoms with Gasteiger partial charge < -0.3 is 14.6 Å². The van der Waals surface area contributed by atoms with Crippen molar-refractivity contribution in [2.24, 2.45) is 17.8 Å². The number of halogens is 2. The van der Waals surface area contributed by atoms with Crippen LogP contribution in [0.15, 0.2) is 23.8 Å². The van der Waals surface area contributed by atoms with Crippen molar-refractivity contribution in [1.29, 1.82) is 0 Å². The zero-order valence-electron chi connectivity index (χ0n) is 22.0. The molecule has 3 fully saturated rings. The van der Waals surface area contributed by atoms with Crippen molar-refractivity contribution in [2.45, 2.75) is 54.8 Å². The molecule has 4 aliphatic rings. The molecular weight excluding hydrogens is 535 g/mol. The van der Waals surface area contributed by atoms with Crippen LogP contribution < -0.4 is 9.47 Å². The summed E-state index contributed by atoms with van der Waals surface area (Å²) in [5.41, 5.74) is 0.346. The zero-order chi connectivity index (χ0) is 28.1. The molecule has 2 aliphatic heterocycles. The summed E-state index contributed by atoms with van der Waals surface area (Å²) >= 11 is 14.3. The summed E-state index contributed by atoms with van der Waals surface area (Å²) in [5, 5.41) is 10.5. The number of phenols is 1. The fraction of sp³-hybridized carbons (Fsp3) is 0.556. The summed E-state index contributed by atoms with van der Waals surface area (Å²) < 4.78 is 10.7. The van der Waals surface area contributed by atoms with Gasteiger partial charge in [0.25, 0.3) is 11.8 Å². The third-order valence-electron chi connectivity index (χ3n) is 8.52. The van der Waals surface area contributed by atoms with Gasteiger partial charge in [-0.15, -0.1) is 23.2 Å². The quantitative estimate of drug-likeness (QED) is 0.340. The van der Waals surface area contributed by atoms with Crippen LogP contribution in [-0.4, -0.2) is 75.1 Å². The Bertz CT molecular complexity index is 1300. The van der Waals surface area contributed by atoms with Crippen molar-refractivity contribution in [3.8, 4) is 17.2 Å². The Hall–Kier alpha value is -2.78. The Morgan fingerprint density at radius 3 is 2.08 bits per heavy atom. The molecule has 0 unspecified atom stereocenters. The summed E-state index contributed by atoms with van der Waals surface area (Å²) in [4.78, 5) is 52.8. The van der Waals surface area contributed by atoms with Crippen LogP contribution in [0.1, 0.15) is 45.1 Å². The molecule has 5 rings (SSSR count). The second kappa shape index (κ2) is 8.36. The summed E-state index contributed by atoms with van der Waals surface area (Å²) in [6.45, 7) is 5.40. The summed E-state index contributed by atoms with van der Waals surface area (Å²) in [7, 11) is 4.08. The van der Waals surface area contributed by atoms with Gasteiger partial charge in [-0.25, -0.2) is 0 Å². The average Bonchev–Trinajstić information content (AvgIpc) is 3.19. The van der Waals surface area contributed by atoms with E-state index in [4.69, 9.17) is 32.7 Å². The molecule has 9 nitrogen and oxygen atoms in total. The number of imide groups is 2. The van der Waals surface area contributed by atoms with E-state index in [1.807, 2.05) is 6.08 Å². The van der Waals surface area contributed by atoms with Gasteiger partial charge >= 0.3 is 0 Å². The highest BCUT2D eigenvalue weighted by atomic mass is 35.5. The number of carbonyl (C=O) groups is 4. The number of phenolic OH excluding ortho intramolecular Hbond substituents is 1. The molecule has 6 atom stereocenters. The molecule has 38 heavy (non-hydrogen) atoms. The normalized spacial score (nSPS) is 34.7. The number of aromatic hydroxyl groups is 1. The highest BCUT2D eigenvalue weighted by Crippen LogP contribution is 2.66. The minimum Gasteiger partial charge on any atom is -0.502 e. The number of hydrogen-bond acceptors (Lipinski definition) is 7. The second-order valence-electron chi connectivity index (χ2n) is 11.5. The van der Waals surface area contributed by atoms with Gasteiger partial charge in [0.15, 0.2) is 21.2 Å². The molecule has 11 heteroatoms. The SMILES string of the molecule is COc1cc([C@H]2C3=CC[C@@H]4C(=O)N(C(C)(C)C)C(=O)[C@@H]4[C@@H]3C[C@@]3(Cl)C(=O)N(C)C(=O)[C@@]23Cl)cc(OC)c1O. The highest BCUT2D eigenvalue weighted by Gasteiger charge is 2.76. The number of benzene rings is 1. The molecule has 2 heterocycles. The van der Waals surface area contributed by atoms with Crippen LogP contribution in [0.4, 0.5) is 0 Å². The van der Waals surface area contributed by atoms with Crippen molar-refractivity contribution >= 4 is 46.8 Å². The number of hydrogen-bond donors (Lipinski definition) is 1. The molecule has 1 N–H and O–H groups in total. The van der Waals surface area contributed by atoms with E-state index in [1.54, 1.807) is 20.8 Å². The van der Waals surface area contributed by atoms with Crippen LogP contribution in [0.25, 0.3) is 0 Å². The number of nitrogens with zero attached hydrogens (tertiary/aromatic N) is 2. The van der Waals surface area contributed by atoms with E-state index in [1.165, 1.54) is 38.3 Å². The molecule has 0 bridgehead atoms. The first-order chi connectivity index (χ1) is 17.6. The van der Waals surface area contributed by atoms with Crippen LogP contribution in [0.3, 0.4) is 0 Å². The van der Waals surface area contributed by atoms with Crippen molar-refractivity contribution in [3.63, 3.8) is 0 Å². The topological polar surface area (TPSA) is 113 Å². The maximum absolute atomic E-state index is 13.8. The largest absolute Gasteiger partial charge is 0.502 e. The highest BCUT2D eigenvalue weighted by molar-refractivity contribution is 6.53. The van der Waals surface area contributed by atoms with E-state index in [-0.39, 0.29) is 41.9 Å². The van der Waals surface area contributed by atoms with Crippen molar-refractivity contribution in [2.75, 3.05) is 21.3 Å². The molecule has 0 radical (unpaired) electrons. The monoisotopic (exact) mass is 564 g/mol. The number of ether oxygens (including phenoxy) is 2. The van der Waals surface area contributed by atoms with E-state index in [2.05, 4.69) is 0 Å². The van der Waals surface area contributed by atoms with Crippen LogP contribution >= 0.6 is 23.2 Å². The first-order valence-electron chi connectivity index (χ1n) is 12.4. The number of likely N-dealkylation sites (tertiary alicyclic amines) is 2. The summed E-state index contributed by atoms with van der Waals surface area (Å²) in [5.74, 6) is -4.95. The Kier molecular flexibility index (Phi) is 5.90. The van der Waals surface area contributed by atoms with Crippen molar-refractivity contribution in [1.82, 2.24) is 9.80 Å². The Labute approximate surface area is 230 Å². The molecule has 204 valence electrons. The second-order valence-corrected chi connectivity index (χ2v) is 12.7. The summed E-state index contributed by atoms with van der Waals surface area (Å²) in [6.07, 6.45) is 2.05. The zero-order valence-corrected chi connectivity index (χ0v) is 23.5. The van der Waals surface area contributed by atoms with Gasteiger partial charge in [0.2, 0.25) is 17.6 Å². The Balaban J connectivity index is 1.76. The lowest BCUT2D eigenvalue weighted by atomic mass is 9.56. The van der Waals surface area contributed by atoms with Gasteiger partial charge in [-0.3, -0.25) is 29.0 Å². The van der Waals surface area contributed by atoms with Gasteiger partial charge in [0, 0.05) is 18.5 Å². The molecule has 2 aliphatic carbocycles. The number of amides is 4. The number of alkyl halides is 2. The summed E-state index contributed by atoms with van der Waals surface area (Å²) in [6, 6.07) is 3.05. The smallest absolute Gasteiger partial charge is 0.253 e. The van der Waals surface area contributed by atoms with Crippen molar-refractivity contribution in [3.05, 3.63) is 29.3 Å². The van der Waals surface area contributed by atoms with Gasteiger partial charge in [-0.1, -0.05) is 11.6 Å². The Morgan fingerprint density at radius 2 is 1.55 bits per heavy atom. The minimum absolute atomic E-state index is 0.0763. The average molecular weight is 565 g/mol. The van der Waals surface area contributed by atoms with E-state index in [0.29, 0.717) is 11.1 Å². The molecule has 4 amide bonds. The van der Waals surface area contributed by atoms with Crippen LogP contribution in [0.5, 0.6) is 17.2 Å². The third kappa shape index (κ3) is 3.18. The Morgan fingerprint density at radius 1 is 0.974 bits per heavy atom.